The van der Waals surface area contributed by atoms with Gasteiger partial charge in [-0.2, -0.15) is 5.10 Å². The Morgan fingerprint density at radius 2 is 2.20 bits per heavy atom. The van der Waals surface area contributed by atoms with Gasteiger partial charge < -0.3 is 15.2 Å². The molecule has 0 bridgehead atoms. The standard InChI is InChI=1S/C13H17N5O2/c1-3-18-12(16-8-17-18)7-20-10-5-4-9(13(14)15)6-11(10)19-2/h4-6,8H,3,7H2,1-2H3,(H3,14,15). The molecule has 0 radical (unpaired) electrons. The van der Waals surface area contributed by atoms with Gasteiger partial charge in [-0.15, -0.1) is 0 Å². The van der Waals surface area contributed by atoms with E-state index in [1.54, 1.807) is 30.0 Å². The number of aromatic nitrogens is 3. The molecule has 0 unspecified atom stereocenters. The van der Waals surface area contributed by atoms with Crippen molar-refractivity contribution in [3.8, 4) is 11.5 Å². The lowest BCUT2D eigenvalue weighted by Gasteiger charge is -2.11. The van der Waals surface area contributed by atoms with Crippen LogP contribution < -0.4 is 15.2 Å². The number of methoxy groups -OCH3 is 1. The number of hydrogen-bond donors (Lipinski definition) is 2. The van der Waals surface area contributed by atoms with Gasteiger partial charge in [0.25, 0.3) is 0 Å². The molecule has 1 aromatic heterocycles. The Labute approximate surface area is 116 Å². The number of rotatable bonds is 6. The zero-order chi connectivity index (χ0) is 14.5. The first-order valence-corrected chi connectivity index (χ1v) is 6.17. The average Bonchev–Trinajstić information content (AvgIpc) is 2.92. The SMILES string of the molecule is CCn1ncnc1COc1ccc(C(=N)N)cc1OC. The maximum absolute atomic E-state index is 7.41. The van der Waals surface area contributed by atoms with E-state index in [0.717, 1.165) is 12.4 Å². The molecule has 0 atom stereocenters. The molecule has 2 rings (SSSR count). The van der Waals surface area contributed by atoms with Crippen LogP contribution in [0.4, 0.5) is 0 Å². The number of aryl methyl sites for hydroxylation is 1. The van der Waals surface area contributed by atoms with Crippen LogP contribution in [0.3, 0.4) is 0 Å². The first-order chi connectivity index (χ1) is 9.65. The van der Waals surface area contributed by atoms with Gasteiger partial charge in [0.1, 0.15) is 18.8 Å². The minimum absolute atomic E-state index is 0.0134. The molecular formula is C13H17N5O2. The Kier molecular flexibility index (Phi) is 4.19. The van der Waals surface area contributed by atoms with E-state index in [1.807, 2.05) is 6.92 Å². The number of nitrogens with zero attached hydrogens (tertiary/aromatic N) is 3. The smallest absolute Gasteiger partial charge is 0.164 e. The van der Waals surface area contributed by atoms with Crippen molar-refractivity contribution in [1.29, 1.82) is 5.41 Å². The summed E-state index contributed by atoms with van der Waals surface area (Å²) < 4.78 is 12.7. The van der Waals surface area contributed by atoms with Crippen LogP contribution in [0.2, 0.25) is 0 Å². The summed E-state index contributed by atoms with van der Waals surface area (Å²) >= 11 is 0. The number of hydrogen-bond acceptors (Lipinski definition) is 5. The molecule has 0 fully saturated rings. The minimum Gasteiger partial charge on any atom is -0.493 e. The van der Waals surface area contributed by atoms with Crippen LogP contribution in [-0.2, 0) is 13.2 Å². The molecule has 0 aliphatic rings. The second-order valence-corrected chi connectivity index (χ2v) is 4.06. The third-order valence-corrected chi connectivity index (χ3v) is 2.83. The lowest BCUT2D eigenvalue weighted by atomic mass is 10.2. The molecule has 106 valence electrons. The van der Waals surface area contributed by atoms with Crippen LogP contribution in [0, 0.1) is 5.41 Å². The molecule has 0 saturated heterocycles. The zero-order valence-corrected chi connectivity index (χ0v) is 11.5. The van der Waals surface area contributed by atoms with Gasteiger partial charge >= 0.3 is 0 Å². The maximum atomic E-state index is 7.41. The molecule has 0 aliphatic heterocycles. The Morgan fingerprint density at radius 1 is 1.40 bits per heavy atom. The topological polar surface area (TPSA) is 99.0 Å². The van der Waals surface area contributed by atoms with Gasteiger partial charge in [0.05, 0.1) is 7.11 Å². The fourth-order valence-corrected chi connectivity index (χ4v) is 1.76. The Bertz CT molecular complexity index is 609. The van der Waals surface area contributed by atoms with E-state index >= 15 is 0 Å². The third kappa shape index (κ3) is 2.87. The van der Waals surface area contributed by atoms with Gasteiger partial charge in [0, 0.05) is 12.1 Å². The molecule has 3 N–H and O–H groups in total. The lowest BCUT2D eigenvalue weighted by molar-refractivity contribution is 0.269. The predicted molar refractivity (Wildman–Crippen MR) is 74.0 cm³/mol. The highest BCUT2D eigenvalue weighted by Crippen LogP contribution is 2.28. The van der Waals surface area contributed by atoms with Crippen molar-refractivity contribution in [3.05, 3.63) is 35.9 Å². The van der Waals surface area contributed by atoms with Gasteiger partial charge in [-0.25, -0.2) is 9.67 Å². The van der Waals surface area contributed by atoms with Crippen molar-refractivity contribution in [2.75, 3.05) is 7.11 Å². The van der Waals surface area contributed by atoms with Crippen molar-refractivity contribution in [1.82, 2.24) is 14.8 Å². The summed E-state index contributed by atoms with van der Waals surface area (Å²) in [7, 11) is 1.54. The quantitative estimate of drug-likeness (QED) is 0.609. The molecule has 2 aromatic rings. The van der Waals surface area contributed by atoms with Crippen LogP contribution in [0.15, 0.2) is 24.5 Å². The largest absolute Gasteiger partial charge is 0.493 e. The fourth-order valence-electron chi connectivity index (χ4n) is 1.76. The number of nitrogens with two attached hydrogens (primary N) is 1. The predicted octanol–water partition coefficient (Wildman–Crippen LogP) is 1.17. The molecule has 20 heavy (non-hydrogen) atoms. The van der Waals surface area contributed by atoms with Crippen LogP contribution in [0.25, 0.3) is 0 Å². The van der Waals surface area contributed by atoms with Gasteiger partial charge in [0.2, 0.25) is 0 Å². The number of nitrogens with one attached hydrogen (secondary N) is 1. The summed E-state index contributed by atoms with van der Waals surface area (Å²) in [4.78, 5) is 4.14. The number of benzene rings is 1. The van der Waals surface area contributed by atoms with Crippen molar-refractivity contribution >= 4 is 5.84 Å². The van der Waals surface area contributed by atoms with Crippen LogP contribution >= 0.6 is 0 Å². The average molecular weight is 275 g/mol. The number of nitrogen functional groups attached to an aromatic ring is 1. The summed E-state index contributed by atoms with van der Waals surface area (Å²) in [5, 5.41) is 11.5. The highest BCUT2D eigenvalue weighted by atomic mass is 16.5. The summed E-state index contributed by atoms with van der Waals surface area (Å²) in [6.07, 6.45) is 1.50. The van der Waals surface area contributed by atoms with E-state index in [9.17, 15) is 0 Å². The van der Waals surface area contributed by atoms with Crippen LogP contribution in [0.5, 0.6) is 11.5 Å². The molecule has 7 nitrogen and oxygen atoms in total. The summed E-state index contributed by atoms with van der Waals surface area (Å²) in [5.41, 5.74) is 6.03. The van der Waals surface area contributed by atoms with Crippen molar-refractivity contribution in [2.24, 2.45) is 5.73 Å². The van der Waals surface area contributed by atoms with Crippen LogP contribution in [-0.4, -0.2) is 27.7 Å². The first kappa shape index (κ1) is 13.9. The summed E-state index contributed by atoms with van der Waals surface area (Å²) in [6, 6.07) is 5.11. The van der Waals surface area contributed by atoms with Crippen molar-refractivity contribution < 1.29 is 9.47 Å². The van der Waals surface area contributed by atoms with E-state index in [2.05, 4.69) is 10.1 Å². The van der Waals surface area contributed by atoms with E-state index in [1.165, 1.54) is 6.33 Å². The van der Waals surface area contributed by atoms with Gasteiger partial charge in [0.15, 0.2) is 17.3 Å². The fraction of sp³-hybridized carbons (Fsp3) is 0.308. The van der Waals surface area contributed by atoms with E-state index in [0.29, 0.717) is 23.7 Å². The normalized spacial score (nSPS) is 10.3. The second kappa shape index (κ2) is 6.05. The lowest BCUT2D eigenvalue weighted by Crippen LogP contribution is -2.11. The molecular weight excluding hydrogens is 258 g/mol. The van der Waals surface area contributed by atoms with E-state index in [4.69, 9.17) is 20.6 Å². The number of amidine groups is 1. The zero-order valence-electron chi connectivity index (χ0n) is 11.5. The molecule has 7 heteroatoms. The van der Waals surface area contributed by atoms with Crippen molar-refractivity contribution in [3.63, 3.8) is 0 Å². The van der Waals surface area contributed by atoms with Gasteiger partial charge in [-0.05, 0) is 25.1 Å². The summed E-state index contributed by atoms with van der Waals surface area (Å²) in [6.45, 7) is 3.02. The molecule has 0 aliphatic carbocycles. The Balaban J connectivity index is 2.15. The number of ether oxygens (including phenoxy) is 2. The Morgan fingerprint density at radius 3 is 2.85 bits per heavy atom. The van der Waals surface area contributed by atoms with Crippen LogP contribution in [0.1, 0.15) is 18.3 Å². The molecule has 0 spiro atoms. The minimum atomic E-state index is -0.0134. The molecule has 0 amide bonds. The monoisotopic (exact) mass is 275 g/mol. The second-order valence-electron chi connectivity index (χ2n) is 4.06. The maximum Gasteiger partial charge on any atom is 0.164 e. The summed E-state index contributed by atoms with van der Waals surface area (Å²) in [5.74, 6) is 1.83. The van der Waals surface area contributed by atoms with E-state index < -0.39 is 0 Å². The highest BCUT2D eigenvalue weighted by Gasteiger charge is 2.09. The van der Waals surface area contributed by atoms with E-state index in [-0.39, 0.29) is 5.84 Å². The first-order valence-electron chi connectivity index (χ1n) is 6.17. The van der Waals surface area contributed by atoms with Gasteiger partial charge in [-0.1, -0.05) is 0 Å². The molecule has 1 aromatic carbocycles. The molecule has 1 heterocycles. The highest BCUT2D eigenvalue weighted by molar-refractivity contribution is 5.95. The van der Waals surface area contributed by atoms with Crippen molar-refractivity contribution in [2.45, 2.75) is 20.1 Å². The van der Waals surface area contributed by atoms with Gasteiger partial charge in [-0.3, -0.25) is 5.41 Å². The Hall–Kier alpha value is -2.57. The third-order valence-electron chi connectivity index (χ3n) is 2.83. The molecule has 0 saturated carbocycles.